The summed E-state index contributed by atoms with van der Waals surface area (Å²) in [6.45, 7) is 2.11. The number of fused-ring (bicyclic) bond motifs is 1. The maximum absolute atomic E-state index is 6.11. The Morgan fingerprint density at radius 2 is 1.81 bits per heavy atom. The highest BCUT2D eigenvalue weighted by Gasteiger charge is 2.09. The van der Waals surface area contributed by atoms with Crippen molar-refractivity contribution < 1.29 is 0 Å². The topological polar surface area (TPSA) is 50.9 Å². The van der Waals surface area contributed by atoms with E-state index in [1.54, 1.807) is 0 Å². The molecule has 3 aromatic rings. The van der Waals surface area contributed by atoms with Gasteiger partial charge in [0.15, 0.2) is 0 Å². The van der Waals surface area contributed by atoms with Gasteiger partial charge in [-0.2, -0.15) is 0 Å². The smallest absolute Gasteiger partial charge is 0.131 e. The van der Waals surface area contributed by atoms with Gasteiger partial charge in [-0.15, -0.1) is 0 Å². The first kappa shape index (κ1) is 13.7. The minimum Gasteiger partial charge on any atom is -0.399 e. The van der Waals surface area contributed by atoms with Gasteiger partial charge in [0.05, 0.1) is 5.52 Å². The summed E-state index contributed by atoms with van der Waals surface area (Å²) in [6.07, 6.45) is 0. The van der Waals surface area contributed by atoms with Crippen molar-refractivity contribution in [2.45, 2.75) is 13.0 Å². The largest absolute Gasteiger partial charge is 0.399 e. The van der Waals surface area contributed by atoms with Crippen LogP contribution in [0.5, 0.6) is 0 Å². The highest BCUT2D eigenvalue weighted by molar-refractivity contribution is 6.30. The lowest BCUT2D eigenvalue weighted by Gasteiger charge is -2.17. The summed E-state index contributed by atoms with van der Waals surface area (Å²) in [4.78, 5) is 4.34. The van der Waals surface area contributed by atoms with Crippen molar-refractivity contribution in [2.75, 3.05) is 11.1 Å². The Labute approximate surface area is 128 Å². The second kappa shape index (κ2) is 5.62. The SMILES string of the molecule is CC(Nc1cc(Cl)nc2ccccc12)c1ccc(N)cc1. The first-order valence-corrected chi connectivity index (χ1v) is 7.18. The van der Waals surface area contributed by atoms with Crippen molar-refractivity contribution in [3.05, 3.63) is 65.3 Å². The normalized spacial score (nSPS) is 12.3. The van der Waals surface area contributed by atoms with Crippen LogP contribution in [0, 0.1) is 0 Å². The van der Waals surface area contributed by atoms with Crippen LogP contribution in [0.4, 0.5) is 11.4 Å². The van der Waals surface area contributed by atoms with Crippen LogP contribution in [-0.4, -0.2) is 4.98 Å². The van der Waals surface area contributed by atoms with Gasteiger partial charge in [-0.05, 0) is 36.8 Å². The van der Waals surface area contributed by atoms with Gasteiger partial charge >= 0.3 is 0 Å². The summed E-state index contributed by atoms with van der Waals surface area (Å²) in [5.41, 5.74) is 9.53. The average Bonchev–Trinajstić information content (AvgIpc) is 2.47. The molecule has 0 aliphatic rings. The zero-order valence-corrected chi connectivity index (χ0v) is 12.4. The van der Waals surface area contributed by atoms with Crippen LogP contribution in [0.15, 0.2) is 54.6 Å². The number of anilines is 2. The van der Waals surface area contributed by atoms with E-state index in [1.165, 1.54) is 5.56 Å². The third-order valence-corrected chi connectivity index (χ3v) is 3.69. The van der Waals surface area contributed by atoms with Crippen LogP contribution in [-0.2, 0) is 0 Å². The van der Waals surface area contributed by atoms with Crippen LogP contribution >= 0.6 is 11.6 Å². The second-order valence-electron chi connectivity index (χ2n) is 5.04. The van der Waals surface area contributed by atoms with E-state index in [2.05, 4.69) is 17.2 Å². The number of aromatic nitrogens is 1. The number of hydrogen-bond donors (Lipinski definition) is 2. The summed E-state index contributed by atoms with van der Waals surface area (Å²) in [5, 5.41) is 5.04. The molecule has 0 radical (unpaired) electrons. The zero-order chi connectivity index (χ0) is 14.8. The molecule has 0 fully saturated rings. The lowest BCUT2D eigenvalue weighted by Crippen LogP contribution is -2.07. The molecule has 1 unspecified atom stereocenters. The molecule has 0 spiro atoms. The van der Waals surface area contributed by atoms with Crippen molar-refractivity contribution in [3.8, 4) is 0 Å². The number of benzene rings is 2. The molecule has 0 saturated carbocycles. The lowest BCUT2D eigenvalue weighted by atomic mass is 10.1. The molecule has 1 heterocycles. The molecule has 21 heavy (non-hydrogen) atoms. The van der Waals surface area contributed by atoms with Crippen LogP contribution in [0.25, 0.3) is 10.9 Å². The Balaban J connectivity index is 1.95. The van der Waals surface area contributed by atoms with E-state index in [1.807, 2.05) is 54.6 Å². The summed E-state index contributed by atoms with van der Waals surface area (Å²) in [5.74, 6) is 0. The van der Waals surface area contributed by atoms with Crippen molar-refractivity contribution in [2.24, 2.45) is 0 Å². The van der Waals surface area contributed by atoms with Crippen molar-refractivity contribution in [1.29, 1.82) is 0 Å². The Morgan fingerprint density at radius 3 is 2.57 bits per heavy atom. The van der Waals surface area contributed by atoms with Gasteiger partial charge in [0.25, 0.3) is 0 Å². The van der Waals surface area contributed by atoms with Gasteiger partial charge in [0.1, 0.15) is 5.15 Å². The summed E-state index contributed by atoms with van der Waals surface area (Å²) in [7, 11) is 0. The minimum atomic E-state index is 0.146. The second-order valence-corrected chi connectivity index (χ2v) is 5.43. The molecule has 4 heteroatoms. The van der Waals surface area contributed by atoms with Crippen LogP contribution < -0.4 is 11.1 Å². The van der Waals surface area contributed by atoms with Crippen LogP contribution in [0.1, 0.15) is 18.5 Å². The number of nitrogens with two attached hydrogens (primary N) is 1. The Kier molecular flexibility index (Phi) is 3.67. The summed E-state index contributed by atoms with van der Waals surface area (Å²) in [6, 6.07) is 17.8. The van der Waals surface area contributed by atoms with Gasteiger partial charge in [-0.25, -0.2) is 4.98 Å². The number of pyridine rings is 1. The fourth-order valence-electron chi connectivity index (χ4n) is 2.36. The molecule has 0 bridgehead atoms. The highest BCUT2D eigenvalue weighted by atomic mass is 35.5. The third kappa shape index (κ3) is 2.93. The highest BCUT2D eigenvalue weighted by Crippen LogP contribution is 2.28. The predicted molar refractivity (Wildman–Crippen MR) is 89.6 cm³/mol. The third-order valence-electron chi connectivity index (χ3n) is 3.49. The van der Waals surface area contributed by atoms with E-state index < -0.39 is 0 Å². The zero-order valence-electron chi connectivity index (χ0n) is 11.7. The molecule has 0 amide bonds. The Morgan fingerprint density at radius 1 is 1.10 bits per heavy atom. The van der Waals surface area contributed by atoms with Gasteiger partial charge in [-0.3, -0.25) is 0 Å². The first-order valence-electron chi connectivity index (χ1n) is 6.81. The molecule has 3 N–H and O–H groups in total. The van der Waals surface area contributed by atoms with Gasteiger partial charge < -0.3 is 11.1 Å². The molecule has 2 aromatic carbocycles. The van der Waals surface area contributed by atoms with E-state index in [9.17, 15) is 0 Å². The quantitative estimate of drug-likeness (QED) is 0.547. The number of nitrogens with one attached hydrogen (secondary N) is 1. The molecular formula is C17H16ClN3. The molecule has 0 saturated heterocycles. The van der Waals surface area contributed by atoms with Crippen molar-refractivity contribution in [3.63, 3.8) is 0 Å². The minimum absolute atomic E-state index is 0.146. The fraction of sp³-hybridized carbons (Fsp3) is 0.118. The standard InChI is InChI=1S/C17H16ClN3/c1-11(12-6-8-13(19)9-7-12)20-16-10-17(18)21-15-5-3-2-4-14(15)16/h2-11H,19H2,1H3,(H,20,21). The summed E-state index contributed by atoms with van der Waals surface area (Å²) >= 11 is 6.11. The van der Waals surface area contributed by atoms with Gasteiger partial charge in [0.2, 0.25) is 0 Å². The molecule has 3 nitrogen and oxygen atoms in total. The van der Waals surface area contributed by atoms with E-state index in [0.29, 0.717) is 5.15 Å². The molecule has 0 aliphatic heterocycles. The van der Waals surface area contributed by atoms with Crippen LogP contribution in [0.2, 0.25) is 5.15 Å². The molecular weight excluding hydrogens is 282 g/mol. The number of hydrogen-bond acceptors (Lipinski definition) is 3. The van der Waals surface area contributed by atoms with Crippen molar-refractivity contribution in [1.82, 2.24) is 4.98 Å². The average molecular weight is 298 g/mol. The summed E-state index contributed by atoms with van der Waals surface area (Å²) < 4.78 is 0. The Bertz CT molecular complexity index is 769. The number of para-hydroxylation sites is 1. The molecule has 106 valence electrons. The first-order chi connectivity index (χ1) is 10.1. The molecule has 1 atom stereocenters. The van der Waals surface area contributed by atoms with Crippen LogP contribution in [0.3, 0.4) is 0 Å². The Hall–Kier alpha value is -2.26. The monoisotopic (exact) mass is 297 g/mol. The molecule has 0 aliphatic carbocycles. The number of halogens is 1. The molecule has 3 rings (SSSR count). The van der Waals surface area contributed by atoms with Crippen molar-refractivity contribution >= 4 is 33.9 Å². The number of rotatable bonds is 3. The van der Waals surface area contributed by atoms with E-state index in [4.69, 9.17) is 17.3 Å². The predicted octanol–water partition coefficient (Wildman–Crippen LogP) is 4.64. The number of nitrogen functional groups attached to an aromatic ring is 1. The van der Waals surface area contributed by atoms with E-state index >= 15 is 0 Å². The van der Waals surface area contributed by atoms with Gasteiger partial charge in [0, 0.05) is 22.8 Å². The maximum atomic E-state index is 6.11. The number of nitrogens with zero attached hydrogens (tertiary/aromatic N) is 1. The van der Waals surface area contributed by atoms with E-state index in [-0.39, 0.29) is 6.04 Å². The fourth-order valence-corrected chi connectivity index (χ4v) is 2.56. The molecule has 1 aromatic heterocycles. The maximum Gasteiger partial charge on any atom is 0.131 e. The lowest BCUT2D eigenvalue weighted by molar-refractivity contribution is 0.887. The van der Waals surface area contributed by atoms with Gasteiger partial charge in [-0.1, -0.05) is 41.9 Å². The van der Waals surface area contributed by atoms with E-state index in [0.717, 1.165) is 22.3 Å².